The fourth-order valence-corrected chi connectivity index (χ4v) is 3.65. The molecule has 4 rings (SSSR count). The molecule has 2 aromatic heterocycles. The average molecular weight is 376 g/mol. The van der Waals surface area contributed by atoms with Crippen LogP contribution in [0.3, 0.4) is 0 Å². The number of H-pyrrole nitrogens is 1. The van der Waals surface area contributed by atoms with Crippen molar-refractivity contribution < 1.29 is 4.79 Å². The van der Waals surface area contributed by atoms with Crippen LogP contribution >= 0.6 is 0 Å². The lowest BCUT2D eigenvalue weighted by Gasteiger charge is -2.30. The maximum absolute atomic E-state index is 13.0. The fraction of sp³-hybridized carbons (Fsp3) is 0.333. The summed E-state index contributed by atoms with van der Waals surface area (Å²) in [5, 5.41) is 7.36. The highest BCUT2D eigenvalue weighted by molar-refractivity contribution is 5.93. The topological polar surface area (TPSA) is 78.0 Å². The third-order valence-corrected chi connectivity index (χ3v) is 5.04. The van der Waals surface area contributed by atoms with Gasteiger partial charge in [0, 0.05) is 38.6 Å². The molecule has 1 fully saturated rings. The number of aromatic nitrogens is 4. The van der Waals surface area contributed by atoms with Gasteiger partial charge >= 0.3 is 0 Å². The van der Waals surface area contributed by atoms with E-state index in [0.717, 1.165) is 31.2 Å². The molecule has 3 heterocycles. The van der Waals surface area contributed by atoms with E-state index in [9.17, 15) is 4.79 Å². The third-order valence-electron chi connectivity index (χ3n) is 5.04. The lowest BCUT2D eigenvalue weighted by molar-refractivity contribution is 0.0726. The molecule has 1 amide bonds. The molecule has 1 aliphatic heterocycles. The second kappa shape index (κ2) is 8.31. The number of carbonyl (C=O) groups is 1. The lowest BCUT2D eigenvalue weighted by Crippen LogP contribution is -2.38. The van der Waals surface area contributed by atoms with Gasteiger partial charge in [-0.1, -0.05) is 30.3 Å². The van der Waals surface area contributed by atoms with Crippen LogP contribution in [0.5, 0.6) is 0 Å². The molecule has 144 valence electrons. The summed E-state index contributed by atoms with van der Waals surface area (Å²) >= 11 is 0. The second-order valence-electron chi connectivity index (χ2n) is 7.10. The van der Waals surface area contributed by atoms with Crippen LogP contribution in [0.1, 0.15) is 40.0 Å². The summed E-state index contributed by atoms with van der Waals surface area (Å²) in [5.41, 5.74) is 1.86. The van der Waals surface area contributed by atoms with Gasteiger partial charge in [0.2, 0.25) is 0 Å². The van der Waals surface area contributed by atoms with Crippen LogP contribution in [-0.4, -0.2) is 55.5 Å². The predicted molar refractivity (Wildman–Crippen MR) is 105 cm³/mol. The van der Waals surface area contributed by atoms with Crippen molar-refractivity contribution >= 4 is 5.91 Å². The van der Waals surface area contributed by atoms with E-state index in [0.29, 0.717) is 18.7 Å². The molecule has 1 N–H and O–H groups in total. The largest absolute Gasteiger partial charge is 0.337 e. The standard InChI is InChI=1S/C21H24N6O/c1-16-23-20(25-24-16)19-15-27(21(28)18-9-5-10-22-13-18)12-6-11-26(19)14-17-7-3-2-4-8-17/h2-5,7-10,13,19H,6,11-12,14-15H2,1H3,(H,23,24,25). The van der Waals surface area contributed by atoms with Crippen molar-refractivity contribution in [2.45, 2.75) is 25.9 Å². The first-order valence-electron chi connectivity index (χ1n) is 9.57. The first-order valence-corrected chi connectivity index (χ1v) is 9.57. The highest BCUT2D eigenvalue weighted by Crippen LogP contribution is 2.25. The Morgan fingerprint density at radius 3 is 2.75 bits per heavy atom. The number of aryl methyl sites for hydroxylation is 1. The fourth-order valence-electron chi connectivity index (χ4n) is 3.65. The average Bonchev–Trinajstić information content (AvgIpc) is 3.05. The molecule has 1 unspecified atom stereocenters. The molecule has 1 aliphatic rings. The summed E-state index contributed by atoms with van der Waals surface area (Å²) in [6.45, 7) is 4.84. The molecule has 28 heavy (non-hydrogen) atoms. The van der Waals surface area contributed by atoms with Crippen molar-refractivity contribution in [2.75, 3.05) is 19.6 Å². The highest BCUT2D eigenvalue weighted by Gasteiger charge is 2.31. The number of hydrogen-bond acceptors (Lipinski definition) is 5. The zero-order valence-corrected chi connectivity index (χ0v) is 16.0. The van der Waals surface area contributed by atoms with E-state index < -0.39 is 0 Å². The molecule has 0 aliphatic carbocycles. The summed E-state index contributed by atoms with van der Waals surface area (Å²) in [4.78, 5) is 26.0. The van der Waals surface area contributed by atoms with E-state index in [-0.39, 0.29) is 11.9 Å². The number of nitrogens with one attached hydrogen (secondary N) is 1. The number of aromatic amines is 1. The Bertz CT molecular complexity index is 911. The van der Waals surface area contributed by atoms with Crippen molar-refractivity contribution in [2.24, 2.45) is 0 Å². The third kappa shape index (κ3) is 4.09. The van der Waals surface area contributed by atoms with Crippen molar-refractivity contribution in [1.29, 1.82) is 0 Å². The van der Waals surface area contributed by atoms with Crippen molar-refractivity contribution in [3.63, 3.8) is 0 Å². The van der Waals surface area contributed by atoms with Gasteiger partial charge in [0.05, 0.1) is 11.6 Å². The van der Waals surface area contributed by atoms with Crippen LogP contribution < -0.4 is 0 Å². The zero-order valence-electron chi connectivity index (χ0n) is 16.0. The van der Waals surface area contributed by atoms with Crippen LogP contribution in [0.25, 0.3) is 0 Å². The molecule has 0 spiro atoms. The second-order valence-corrected chi connectivity index (χ2v) is 7.10. The van der Waals surface area contributed by atoms with Gasteiger partial charge in [-0.3, -0.25) is 19.8 Å². The molecule has 0 bridgehead atoms. The van der Waals surface area contributed by atoms with Gasteiger partial charge in [-0.05, 0) is 31.0 Å². The molecule has 1 saturated heterocycles. The maximum atomic E-state index is 13.0. The number of carbonyl (C=O) groups excluding carboxylic acids is 1. The van der Waals surface area contributed by atoms with Crippen LogP contribution in [-0.2, 0) is 6.54 Å². The van der Waals surface area contributed by atoms with E-state index in [1.54, 1.807) is 18.5 Å². The first kappa shape index (κ1) is 18.3. The van der Waals surface area contributed by atoms with Gasteiger partial charge in [0.1, 0.15) is 5.82 Å². The molecule has 7 nitrogen and oxygen atoms in total. The number of nitrogens with zero attached hydrogens (tertiary/aromatic N) is 5. The lowest BCUT2D eigenvalue weighted by atomic mass is 10.1. The molecule has 0 saturated carbocycles. The normalized spacial score (nSPS) is 18.0. The van der Waals surface area contributed by atoms with Gasteiger partial charge in [0.15, 0.2) is 5.82 Å². The van der Waals surface area contributed by atoms with Crippen LogP contribution in [0.2, 0.25) is 0 Å². The Hall–Kier alpha value is -3.06. The molecular weight excluding hydrogens is 352 g/mol. The number of hydrogen-bond donors (Lipinski definition) is 1. The Morgan fingerprint density at radius 2 is 2.04 bits per heavy atom. The molecule has 3 aromatic rings. The Morgan fingerprint density at radius 1 is 1.18 bits per heavy atom. The molecule has 1 aromatic carbocycles. The minimum absolute atomic E-state index is 0.00641. The zero-order chi connectivity index (χ0) is 19.3. The van der Waals surface area contributed by atoms with Gasteiger partial charge < -0.3 is 4.90 Å². The number of rotatable bonds is 4. The molecule has 7 heteroatoms. The summed E-state index contributed by atoms with van der Waals surface area (Å²) < 4.78 is 0. The minimum atomic E-state index is -0.0618. The van der Waals surface area contributed by atoms with Crippen molar-refractivity contribution in [1.82, 2.24) is 30.0 Å². The quantitative estimate of drug-likeness (QED) is 0.757. The minimum Gasteiger partial charge on any atom is -0.337 e. The first-order chi connectivity index (χ1) is 13.7. The van der Waals surface area contributed by atoms with Crippen molar-refractivity contribution in [3.05, 3.63) is 77.6 Å². The Kier molecular flexibility index (Phi) is 5.43. The molecule has 0 radical (unpaired) electrons. The number of pyridine rings is 1. The number of benzene rings is 1. The molecular formula is C21H24N6O. The van der Waals surface area contributed by atoms with E-state index in [1.165, 1.54) is 5.56 Å². The van der Waals surface area contributed by atoms with E-state index in [2.05, 4.69) is 49.3 Å². The smallest absolute Gasteiger partial charge is 0.255 e. The van der Waals surface area contributed by atoms with E-state index in [4.69, 9.17) is 0 Å². The van der Waals surface area contributed by atoms with Gasteiger partial charge in [0.25, 0.3) is 5.91 Å². The van der Waals surface area contributed by atoms with Crippen LogP contribution in [0.4, 0.5) is 0 Å². The van der Waals surface area contributed by atoms with Crippen LogP contribution in [0, 0.1) is 6.92 Å². The van der Waals surface area contributed by atoms with Gasteiger partial charge in [-0.2, -0.15) is 5.10 Å². The summed E-state index contributed by atoms with van der Waals surface area (Å²) in [7, 11) is 0. The maximum Gasteiger partial charge on any atom is 0.255 e. The summed E-state index contributed by atoms with van der Waals surface area (Å²) in [6.07, 6.45) is 4.21. The predicted octanol–water partition coefficient (Wildman–Crippen LogP) is 2.60. The highest BCUT2D eigenvalue weighted by atomic mass is 16.2. The van der Waals surface area contributed by atoms with Crippen LogP contribution in [0.15, 0.2) is 54.9 Å². The summed E-state index contributed by atoms with van der Waals surface area (Å²) in [6, 6.07) is 13.9. The van der Waals surface area contributed by atoms with Gasteiger partial charge in [-0.15, -0.1) is 0 Å². The van der Waals surface area contributed by atoms with E-state index in [1.807, 2.05) is 24.0 Å². The monoisotopic (exact) mass is 376 g/mol. The molecule has 1 atom stereocenters. The SMILES string of the molecule is Cc1nc(C2CN(C(=O)c3cccnc3)CCCN2Cc2ccccc2)n[nH]1. The number of amides is 1. The summed E-state index contributed by atoms with van der Waals surface area (Å²) in [5.74, 6) is 1.52. The Balaban J connectivity index is 1.60. The van der Waals surface area contributed by atoms with Gasteiger partial charge in [-0.25, -0.2) is 4.98 Å². The van der Waals surface area contributed by atoms with Crippen molar-refractivity contribution in [3.8, 4) is 0 Å². The Labute approximate surface area is 164 Å². The van der Waals surface area contributed by atoms with E-state index >= 15 is 0 Å².